The first-order valence-corrected chi connectivity index (χ1v) is 12.0. The third kappa shape index (κ3) is 5.85. The molecule has 0 bridgehead atoms. The summed E-state index contributed by atoms with van der Waals surface area (Å²) in [4.78, 5) is 0. The minimum atomic E-state index is -1.04. The Labute approximate surface area is 189 Å². The maximum atomic E-state index is 14.9. The number of hydrogen-bond donors (Lipinski definition) is 0. The Morgan fingerprint density at radius 3 is 2.00 bits per heavy atom. The predicted octanol–water partition coefficient (Wildman–Crippen LogP) is 8.28. The molecule has 3 rings (SSSR count). The van der Waals surface area contributed by atoms with Gasteiger partial charge in [0.15, 0.2) is 23.2 Å². The summed E-state index contributed by atoms with van der Waals surface area (Å²) >= 11 is 0. The zero-order valence-electron chi connectivity index (χ0n) is 19.2. The fourth-order valence-corrected chi connectivity index (χ4v) is 4.86. The lowest BCUT2D eigenvalue weighted by atomic mass is 9.76. The first-order valence-electron chi connectivity index (χ1n) is 12.0. The van der Waals surface area contributed by atoms with Crippen LogP contribution in [-0.4, -0.2) is 6.61 Å². The maximum Gasteiger partial charge on any atom is 0.200 e. The minimum absolute atomic E-state index is 0.0543. The van der Waals surface area contributed by atoms with E-state index in [1.807, 2.05) is 0 Å². The van der Waals surface area contributed by atoms with E-state index in [1.165, 1.54) is 37.8 Å². The highest BCUT2D eigenvalue weighted by molar-refractivity contribution is 5.33. The summed E-state index contributed by atoms with van der Waals surface area (Å²) in [6.45, 7) is 4.11. The molecule has 0 N–H and O–H groups in total. The van der Waals surface area contributed by atoms with Gasteiger partial charge in [0.2, 0.25) is 5.82 Å². The van der Waals surface area contributed by atoms with Crippen molar-refractivity contribution >= 4 is 0 Å². The van der Waals surface area contributed by atoms with Crippen molar-refractivity contribution < 1.29 is 22.3 Å². The second kappa shape index (κ2) is 11.7. The quantitative estimate of drug-likeness (QED) is 0.261. The number of unbranched alkanes of at least 4 members (excludes halogenated alkanes) is 2. The number of halogens is 4. The lowest BCUT2D eigenvalue weighted by Gasteiger charge is -2.29. The predicted molar refractivity (Wildman–Crippen MR) is 120 cm³/mol. The number of ether oxygens (including phenoxy) is 1. The molecular weight excluding hydrogens is 416 g/mol. The Morgan fingerprint density at radius 2 is 1.38 bits per heavy atom. The van der Waals surface area contributed by atoms with E-state index in [2.05, 4.69) is 6.92 Å². The van der Waals surface area contributed by atoms with Gasteiger partial charge in [0.25, 0.3) is 0 Å². The molecule has 1 fully saturated rings. The van der Waals surface area contributed by atoms with Crippen molar-refractivity contribution in [3.8, 4) is 5.75 Å². The third-order valence-electron chi connectivity index (χ3n) is 6.79. The molecule has 1 nitrogen and oxygen atoms in total. The Balaban J connectivity index is 1.62. The van der Waals surface area contributed by atoms with Gasteiger partial charge in [0.1, 0.15) is 0 Å². The van der Waals surface area contributed by atoms with E-state index in [1.54, 1.807) is 19.1 Å². The first-order chi connectivity index (χ1) is 15.5. The summed E-state index contributed by atoms with van der Waals surface area (Å²) in [7, 11) is 0. The van der Waals surface area contributed by atoms with Crippen LogP contribution in [0.25, 0.3) is 0 Å². The average Bonchev–Trinajstić information content (AvgIpc) is 2.80. The van der Waals surface area contributed by atoms with Crippen molar-refractivity contribution in [3.05, 3.63) is 64.2 Å². The largest absolute Gasteiger partial charge is 0.491 e. The molecule has 0 heterocycles. The van der Waals surface area contributed by atoms with E-state index in [-0.39, 0.29) is 42.2 Å². The molecule has 0 aromatic heterocycles. The summed E-state index contributed by atoms with van der Waals surface area (Å²) in [6.07, 6.45) is 9.05. The molecule has 0 amide bonds. The Kier molecular flexibility index (Phi) is 9.01. The second-order valence-corrected chi connectivity index (χ2v) is 8.94. The van der Waals surface area contributed by atoms with Crippen LogP contribution in [0.15, 0.2) is 24.3 Å². The summed E-state index contributed by atoms with van der Waals surface area (Å²) < 4.78 is 63.0. The molecular formula is C27H34F4O. The van der Waals surface area contributed by atoms with Crippen LogP contribution < -0.4 is 4.74 Å². The zero-order chi connectivity index (χ0) is 23.1. The number of hydrogen-bond acceptors (Lipinski definition) is 1. The van der Waals surface area contributed by atoms with Crippen LogP contribution in [0.5, 0.6) is 5.75 Å². The van der Waals surface area contributed by atoms with E-state index in [9.17, 15) is 17.6 Å². The molecule has 0 unspecified atom stereocenters. The van der Waals surface area contributed by atoms with E-state index >= 15 is 0 Å². The zero-order valence-corrected chi connectivity index (χ0v) is 19.2. The van der Waals surface area contributed by atoms with Gasteiger partial charge in [0.05, 0.1) is 6.61 Å². The van der Waals surface area contributed by atoms with Crippen molar-refractivity contribution in [2.45, 2.75) is 84.0 Å². The highest BCUT2D eigenvalue weighted by atomic mass is 19.2. The minimum Gasteiger partial charge on any atom is -0.491 e. The number of rotatable bonds is 10. The van der Waals surface area contributed by atoms with E-state index in [0.29, 0.717) is 11.5 Å². The summed E-state index contributed by atoms with van der Waals surface area (Å²) in [5.41, 5.74) is 0.765. The highest BCUT2D eigenvalue weighted by Gasteiger charge is 2.26. The van der Waals surface area contributed by atoms with Crippen molar-refractivity contribution in [1.29, 1.82) is 0 Å². The van der Waals surface area contributed by atoms with Crippen LogP contribution in [0.2, 0.25) is 0 Å². The molecule has 176 valence electrons. The van der Waals surface area contributed by atoms with Crippen molar-refractivity contribution in [2.24, 2.45) is 5.92 Å². The van der Waals surface area contributed by atoms with Crippen LogP contribution >= 0.6 is 0 Å². The van der Waals surface area contributed by atoms with Crippen LogP contribution in [0.1, 0.15) is 87.8 Å². The van der Waals surface area contributed by atoms with Gasteiger partial charge in [-0.25, -0.2) is 13.2 Å². The molecule has 1 aliphatic rings. The summed E-state index contributed by atoms with van der Waals surface area (Å²) in [6, 6.07) is 6.09. The molecule has 5 heteroatoms. The second-order valence-electron chi connectivity index (χ2n) is 8.94. The van der Waals surface area contributed by atoms with Gasteiger partial charge in [-0.3, -0.25) is 0 Å². The SMILES string of the molecule is CCCCCC1CCC(c2ccc(CCc3ccc(OCC)c(F)c3F)c(F)c2F)CC1. The van der Waals surface area contributed by atoms with Gasteiger partial charge in [-0.15, -0.1) is 0 Å². The van der Waals surface area contributed by atoms with Gasteiger partial charge < -0.3 is 4.74 Å². The lowest BCUT2D eigenvalue weighted by Crippen LogP contribution is -2.15. The third-order valence-corrected chi connectivity index (χ3v) is 6.79. The molecule has 0 atom stereocenters. The smallest absolute Gasteiger partial charge is 0.200 e. The molecule has 32 heavy (non-hydrogen) atoms. The van der Waals surface area contributed by atoms with Crippen LogP contribution in [0, 0.1) is 29.2 Å². The average molecular weight is 451 g/mol. The topological polar surface area (TPSA) is 9.23 Å². The molecule has 2 aromatic carbocycles. The van der Waals surface area contributed by atoms with Gasteiger partial charge in [-0.2, -0.15) is 4.39 Å². The van der Waals surface area contributed by atoms with Gasteiger partial charge in [-0.1, -0.05) is 50.8 Å². The lowest BCUT2D eigenvalue weighted by molar-refractivity contribution is 0.297. The maximum absolute atomic E-state index is 14.9. The molecule has 0 spiro atoms. The Morgan fingerprint density at radius 1 is 0.750 bits per heavy atom. The molecule has 2 aromatic rings. The van der Waals surface area contributed by atoms with Crippen LogP contribution in [0.3, 0.4) is 0 Å². The molecule has 0 radical (unpaired) electrons. The molecule has 0 saturated heterocycles. The van der Waals surface area contributed by atoms with Gasteiger partial charge >= 0.3 is 0 Å². The van der Waals surface area contributed by atoms with E-state index < -0.39 is 23.3 Å². The normalized spacial score (nSPS) is 18.7. The summed E-state index contributed by atoms with van der Waals surface area (Å²) in [5, 5.41) is 0. The standard InChI is InChI=1S/C27H34F4O/c1-3-5-6-7-18-8-10-19(11-9-18)22-16-14-20(24(28)26(22)30)12-13-21-15-17-23(32-4-2)27(31)25(21)29/h14-19H,3-13H2,1-2H3. The first kappa shape index (κ1) is 24.6. The monoisotopic (exact) mass is 450 g/mol. The van der Waals surface area contributed by atoms with Crippen molar-refractivity contribution in [3.63, 3.8) is 0 Å². The molecule has 1 saturated carbocycles. The number of aryl methyl sites for hydroxylation is 2. The van der Waals surface area contributed by atoms with Crippen molar-refractivity contribution in [1.82, 2.24) is 0 Å². The van der Waals surface area contributed by atoms with Gasteiger partial charge in [0, 0.05) is 0 Å². The number of benzene rings is 2. The Hall–Kier alpha value is -2.04. The fraction of sp³-hybridized carbons (Fsp3) is 0.556. The van der Waals surface area contributed by atoms with Crippen molar-refractivity contribution in [2.75, 3.05) is 6.61 Å². The molecule has 0 aliphatic heterocycles. The fourth-order valence-electron chi connectivity index (χ4n) is 4.86. The van der Waals surface area contributed by atoms with Crippen LogP contribution in [0.4, 0.5) is 17.6 Å². The van der Waals surface area contributed by atoms with Gasteiger partial charge in [-0.05, 0) is 80.0 Å². The highest BCUT2D eigenvalue weighted by Crippen LogP contribution is 2.39. The Bertz CT molecular complexity index is 888. The summed E-state index contributed by atoms with van der Waals surface area (Å²) in [5.74, 6) is -3.07. The van der Waals surface area contributed by atoms with E-state index in [0.717, 1.165) is 25.7 Å². The van der Waals surface area contributed by atoms with E-state index in [4.69, 9.17) is 4.74 Å². The molecule has 1 aliphatic carbocycles. The van der Waals surface area contributed by atoms with Crippen LogP contribution in [-0.2, 0) is 12.8 Å².